The van der Waals surface area contributed by atoms with Crippen LogP contribution in [0.5, 0.6) is 5.88 Å². The summed E-state index contributed by atoms with van der Waals surface area (Å²) in [6.07, 6.45) is 1.64. The van der Waals surface area contributed by atoms with Gasteiger partial charge in [0.15, 0.2) is 0 Å². The normalized spacial score (nSPS) is 10.8. The maximum Gasteiger partial charge on any atom is 0.331 e. The molecule has 2 heterocycles. The number of ether oxygens (including phenoxy) is 1. The van der Waals surface area contributed by atoms with E-state index in [9.17, 15) is 10.1 Å². The second-order valence-electron chi connectivity index (χ2n) is 4.15. The van der Waals surface area contributed by atoms with E-state index >= 15 is 0 Å². The topological polar surface area (TPSA) is 78.2 Å². The molecule has 0 N–H and O–H groups in total. The number of aromatic nitrogens is 2. The standard InChI is InChI=1S/C12H13N3O3S2/c1-8(2)18-12-10(15(16)17)3-4-11(14-12)19-6-9-5-13-7-20-9/h3-5,7-8H,6H2,1-2H3. The lowest BCUT2D eigenvalue weighted by atomic mass is 10.4. The first-order valence-electron chi connectivity index (χ1n) is 5.88. The highest BCUT2D eigenvalue weighted by molar-refractivity contribution is 7.98. The van der Waals surface area contributed by atoms with Crippen LogP contribution in [0.4, 0.5) is 5.69 Å². The summed E-state index contributed by atoms with van der Waals surface area (Å²) in [5.41, 5.74) is 1.66. The molecule has 0 aliphatic carbocycles. The number of nitrogens with zero attached hydrogens (tertiary/aromatic N) is 3. The summed E-state index contributed by atoms with van der Waals surface area (Å²) in [6, 6.07) is 3.07. The van der Waals surface area contributed by atoms with Crippen LogP contribution in [0.25, 0.3) is 0 Å². The molecule has 2 rings (SSSR count). The average molecular weight is 311 g/mol. The van der Waals surface area contributed by atoms with Crippen molar-refractivity contribution in [3.05, 3.63) is 38.8 Å². The summed E-state index contributed by atoms with van der Waals surface area (Å²) < 4.78 is 5.41. The molecular formula is C12H13N3O3S2. The van der Waals surface area contributed by atoms with Gasteiger partial charge in [-0.2, -0.15) is 0 Å². The maximum atomic E-state index is 10.9. The predicted molar refractivity (Wildman–Crippen MR) is 78.3 cm³/mol. The van der Waals surface area contributed by atoms with Crippen molar-refractivity contribution in [3.8, 4) is 5.88 Å². The van der Waals surface area contributed by atoms with Crippen LogP contribution < -0.4 is 4.74 Å². The van der Waals surface area contributed by atoms with E-state index in [1.165, 1.54) is 17.8 Å². The van der Waals surface area contributed by atoms with Crippen LogP contribution >= 0.6 is 23.1 Å². The van der Waals surface area contributed by atoms with E-state index in [2.05, 4.69) is 9.97 Å². The Hall–Kier alpha value is -1.67. The minimum Gasteiger partial charge on any atom is -0.470 e. The second-order valence-corrected chi connectivity index (χ2v) is 6.12. The number of hydrogen-bond acceptors (Lipinski definition) is 7. The maximum absolute atomic E-state index is 10.9. The number of thiazole rings is 1. The van der Waals surface area contributed by atoms with Crippen molar-refractivity contribution in [1.82, 2.24) is 9.97 Å². The van der Waals surface area contributed by atoms with E-state index in [4.69, 9.17) is 4.74 Å². The number of rotatable bonds is 6. The van der Waals surface area contributed by atoms with Gasteiger partial charge in [-0.3, -0.25) is 15.1 Å². The van der Waals surface area contributed by atoms with Crippen molar-refractivity contribution < 1.29 is 9.66 Å². The van der Waals surface area contributed by atoms with Gasteiger partial charge in [-0.1, -0.05) is 0 Å². The molecule has 8 heteroatoms. The number of nitro groups is 1. The van der Waals surface area contributed by atoms with E-state index in [0.29, 0.717) is 5.03 Å². The molecule has 106 valence electrons. The molecule has 0 spiro atoms. The third-order valence-corrected chi connectivity index (χ3v) is 4.15. The van der Waals surface area contributed by atoms with Crippen molar-refractivity contribution in [2.75, 3.05) is 0 Å². The highest BCUT2D eigenvalue weighted by Crippen LogP contribution is 2.30. The Kier molecular flexibility index (Phi) is 4.91. The largest absolute Gasteiger partial charge is 0.470 e. The SMILES string of the molecule is CC(C)Oc1nc(SCc2cncs2)ccc1[N+](=O)[O-]. The second kappa shape index (κ2) is 6.67. The first-order valence-corrected chi connectivity index (χ1v) is 7.75. The molecule has 20 heavy (non-hydrogen) atoms. The van der Waals surface area contributed by atoms with Crippen LogP contribution in [0.3, 0.4) is 0 Å². The zero-order valence-electron chi connectivity index (χ0n) is 11.0. The number of hydrogen-bond donors (Lipinski definition) is 0. The Morgan fingerprint density at radius 1 is 1.50 bits per heavy atom. The highest BCUT2D eigenvalue weighted by atomic mass is 32.2. The first-order chi connectivity index (χ1) is 9.56. The van der Waals surface area contributed by atoms with Gasteiger partial charge in [-0.05, 0) is 19.9 Å². The fourth-order valence-electron chi connectivity index (χ4n) is 1.40. The van der Waals surface area contributed by atoms with Gasteiger partial charge in [0.05, 0.1) is 16.5 Å². The Morgan fingerprint density at radius 3 is 2.90 bits per heavy atom. The van der Waals surface area contributed by atoms with Crippen molar-refractivity contribution in [2.24, 2.45) is 0 Å². The molecule has 0 aliphatic rings. The van der Waals surface area contributed by atoms with Crippen LogP contribution in [0.2, 0.25) is 0 Å². The third-order valence-electron chi connectivity index (χ3n) is 2.20. The van der Waals surface area contributed by atoms with Crippen LogP contribution in [0, 0.1) is 10.1 Å². The summed E-state index contributed by atoms with van der Waals surface area (Å²) in [4.78, 5) is 19.8. The van der Waals surface area contributed by atoms with Crippen LogP contribution in [0.15, 0.2) is 28.9 Å². The lowest BCUT2D eigenvalue weighted by molar-refractivity contribution is -0.386. The van der Waals surface area contributed by atoms with Gasteiger partial charge >= 0.3 is 5.69 Å². The number of pyridine rings is 1. The number of thioether (sulfide) groups is 1. The molecule has 0 bridgehead atoms. The molecule has 6 nitrogen and oxygen atoms in total. The summed E-state index contributed by atoms with van der Waals surface area (Å²) >= 11 is 3.06. The molecular weight excluding hydrogens is 298 g/mol. The molecule has 0 saturated heterocycles. The highest BCUT2D eigenvalue weighted by Gasteiger charge is 2.18. The van der Waals surface area contributed by atoms with Gasteiger partial charge in [0.1, 0.15) is 5.03 Å². The van der Waals surface area contributed by atoms with Crippen LogP contribution in [-0.2, 0) is 5.75 Å². The Bertz CT molecular complexity index is 588. The molecule has 0 radical (unpaired) electrons. The van der Waals surface area contributed by atoms with Gasteiger partial charge in [-0.15, -0.1) is 23.1 Å². The summed E-state index contributed by atoms with van der Waals surface area (Å²) in [5, 5.41) is 11.6. The smallest absolute Gasteiger partial charge is 0.331 e. The summed E-state index contributed by atoms with van der Waals surface area (Å²) in [5.74, 6) is 0.802. The minimum absolute atomic E-state index is 0.0688. The fourth-order valence-corrected chi connectivity index (χ4v) is 2.91. The zero-order chi connectivity index (χ0) is 14.5. The quantitative estimate of drug-likeness (QED) is 0.461. The first kappa shape index (κ1) is 14.7. The molecule has 0 aromatic carbocycles. The molecule has 0 fully saturated rings. The molecule has 0 unspecified atom stereocenters. The van der Waals surface area contributed by atoms with Crippen molar-refractivity contribution in [2.45, 2.75) is 30.7 Å². The van der Waals surface area contributed by atoms with E-state index in [1.54, 1.807) is 29.1 Å². The molecule has 0 saturated carbocycles. The van der Waals surface area contributed by atoms with E-state index in [1.807, 2.05) is 13.8 Å². The zero-order valence-corrected chi connectivity index (χ0v) is 12.6. The Morgan fingerprint density at radius 2 is 2.30 bits per heavy atom. The van der Waals surface area contributed by atoms with Crippen molar-refractivity contribution in [3.63, 3.8) is 0 Å². The average Bonchev–Trinajstić information content (AvgIpc) is 2.88. The van der Waals surface area contributed by atoms with Gasteiger partial charge in [0.25, 0.3) is 5.88 Å². The van der Waals surface area contributed by atoms with E-state index < -0.39 is 4.92 Å². The van der Waals surface area contributed by atoms with Gasteiger partial charge in [-0.25, -0.2) is 4.98 Å². The monoisotopic (exact) mass is 311 g/mol. The summed E-state index contributed by atoms with van der Waals surface area (Å²) in [7, 11) is 0. The van der Waals surface area contributed by atoms with E-state index in [0.717, 1.165) is 10.6 Å². The van der Waals surface area contributed by atoms with Crippen molar-refractivity contribution in [1.29, 1.82) is 0 Å². The Labute approximate surface area is 124 Å². The molecule has 0 atom stereocenters. The molecule has 0 aliphatic heterocycles. The minimum atomic E-state index is -0.484. The third kappa shape index (κ3) is 3.91. The van der Waals surface area contributed by atoms with Gasteiger partial charge < -0.3 is 4.74 Å². The van der Waals surface area contributed by atoms with Gasteiger partial charge in [0.2, 0.25) is 0 Å². The molecule has 2 aromatic heterocycles. The predicted octanol–water partition coefficient (Wildman–Crippen LogP) is 3.53. The summed E-state index contributed by atoms with van der Waals surface area (Å²) in [6.45, 7) is 3.62. The lowest BCUT2D eigenvalue weighted by Crippen LogP contribution is -2.09. The van der Waals surface area contributed by atoms with Crippen molar-refractivity contribution >= 4 is 28.8 Å². The van der Waals surface area contributed by atoms with E-state index in [-0.39, 0.29) is 17.7 Å². The van der Waals surface area contributed by atoms with Gasteiger partial charge in [0, 0.05) is 22.9 Å². The van der Waals surface area contributed by atoms with Crippen LogP contribution in [-0.4, -0.2) is 21.0 Å². The molecule has 0 amide bonds. The molecule has 2 aromatic rings. The lowest BCUT2D eigenvalue weighted by Gasteiger charge is -2.09. The Balaban J connectivity index is 2.15. The van der Waals surface area contributed by atoms with Crippen LogP contribution in [0.1, 0.15) is 18.7 Å². The fraction of sp³-hybridized carbons (Fsp3) is 0.333.